The lowest BCUT2D eigenvalue weighted by Crippen LogP contribution is -2.45. The number of likely N-dealkylation sites (N-methyl/N-ethyl adjacent to an activating group) is 1. The lowest BCUT2D eigenvalue weighted by Gasteiger charge is -2.33. The van der Waals surface area contributed by atoms with Crippen LogP contribution in [-0.2, 0) is 11.3 Å². The summed E-state index contributed by atoms with van der Waals surface area (Å²) < 4.78 is 10.9. The van der Waals surface area contributed by atoms with Gasteiger partial charge in [0.25, 0.3) is 0 Å². The third-order valence-electron chi connectivity index (χ3n) is 5.34. The van der Waals surface area contributed by atoms with Crippen LogP contribution in [0.5, 0.6) is 11.5 Å². The summed E-state index contributed by atoms with van der Waals surface area (Å²) >= 11 is 0. The minimum Gasteiger partial charge on any atom is -0.454 e. The minimum absolute atomic E-state index is 0.0122. The van der Waals surface area contributed by atoms with E-state index in [2.05, 4.69) is 37.6 Å². The lowest BCUT2D eigenvalue weighted by atomic mass is 9.91. The molecule has 6 nitrogen and oxygen atoms in total. The van der Waals surface area contributed by atoms with E-state index in [1.165, 1.54) is 0 Å². The van der Waals surface area contributed by atoms with Gasteiger partial charge in [-0.15, -0.1) is 0 Å². The molecule has 0 aliphatic carbocycles. The highest BCUT2D eigenvalue weighted by Gasteiger charge is 2.23. The summed E-state index contributed by atoms with van der Waals surface area (Å²) in [5.74, 6) is 1.79. The van der Waals surface area contributed by atoms with Crippen molar-refractivity contribution in [3.8, 4) is 11.5 Å². The van der Waals surface area contributed by atoms with Gasteiger partial charge in [0, 0.05) is 45.7 Å². The molecule has 0 radical (unpaired) electrons. The molecule has 28 heavy (non-hydrogen) atoms. The van der Waals surface area contributed by atoms with Crippen molar-refractivity contribution < 1.29 is 14.3 Å². The standard InChI is InChI=1S/C22H35N3O3/c1-22(2,3)15-21(26)25(9-5-8-24-12-10-23(4)11-13-24)16-18-6-7-19-20(14-18)28-17-27-19/h6-7,14H,5,8-13,15-17H2,1-4H3. The number of hydrogen-bond donors (Lipinski definition) is 0. The van der Waals surface area contributed by atoms with Crippen molar-refractivity contribution in [1.82, 2.24) is 14.7 Å². The van der Waals surface area contributed by atoms with Gasteiger partial charge in [-0.2, -0.15) is 0 Å². The van der Waals surface area contributed by atoms with E-state index in [0.717, 1.165) is 62.8 Å². The highest BCUT2D eigenvalue weighted by atomic mass is 16.7. The van der Waals surface area contributed by atoms with Crippen molar-refractivity contribution >= 4 is 5.91 Å². The molecule has 3 rings (SSSR count). The maximum absolute atomic E-state index is 13.0. The number of benzene rings is 1. The normalized spacial score (nSPS) is 17.7. The number of carbonyl (C=O) groups excluding carboxylic acids is 1. The van der Waals surface area contributed by atoms with Crippen molar-refractivity contribution in [2.75, 3.05) is 53.1 Å². The highest BCUT2D eigenvalue weighted by Crippen LogP contribution is 2.33. The van der Waals surface area contributed by atoms with Crippen molar-refractivity contribution in [1.29, 1.82) is 0 Å². The van der Waals surface area contributed by atoms with Gasteiger partial charge in [-0.3, -0.25) is 4.79 Å². The van der Waals surface area contributed by atoms with Crippen LogP contribution in [0.25, 0.3) is 0 Å². The Balaban J connectivity index is 1.59. The fraction of sp³-hybridized carbons (Fsp3) is 0.682. The molecule has 2 heterocycles. The summed E-state index contributed by atoms with van der Waals surface area (Å²) in [5.41, 5.74) is 1.08. The molecule has 0 saturated carbocycles. The van der Waals surface area contributed by atoms with Crippen molar-refractivity contribution in [3.05, 3.63) is 23.8 Å². The van der Waals surface area contributed by atoms with Crippen LogP contribution in [0.15, 0.2) is 18.2 Å². The third kappa shape index (κ3) is 6.11. The van der Waals surface area contributed by atoms with Gasteiger partial charge in [0.05, 0.1) is 0 Å². The van der Waals surface area contributed by atoms with E-state index >= 15 is 0 Å². The first-order valence-corrected chi connectivity index (χ1v) is 10.4. The molecule has 6 heteroatoms. The van der Waals surface area contributed by atoms with Crippen LogP contribution in [0.4, 0.5) is 0 Å². The number of piperazine rings is 1. The highest BCUT2D eigenvalue weighted by molar-refractivity contribution is 5.76. The van der Waals surface area contributed by atoms with Crippen LogP contribution in [0.3, 0.4) is 0 Å². The molecule has 0 aromatic heterocycles. The van der Waals surface area contributed by atoms with Crippen LogP contribution in [-0.4, -0.2) is 73.7 Å². The number of rotatable bonds is 7. The molecule has 0 unspecified atom stereocenters. The van der Waals surface area contributed by atoms with Crippen LogP contribution < -0.4 is 9.47 Å². The molecule has 2 aliphatic rings. The topological polar surface area (TPSA) is 45.2 Å². The summed E-state index contributed by atoms with van der Waals surface area (Å²) in [5, 5.41) is 0. The second-order valence-corrected chi connectivity index (χ2v) is 9.24. The second kappa shape index (κ2) is 9.14. The molecule has 1 saturated heterocycles. The molecule has 0 N–H and O–H groups in total. The Morgan fingerprint density at radius 2 is 1.82 bits per heavy atom. The zero-order chi connectivity index (χ0) is 20.1. The van der Waals surface area contributed by atoms with E-state index in [4.69, 9.17) is 9.47 Å². The average Bonchev–Trinajstić information content (AvgIpc) is 3.09. The van der Waals surface area contributed by atoms with Gasteiger partial charge in [-0.1, -0.05) is 26.8 Å². The summed E-state index contributed by atoms with van der Waals surface area (Å²) in [7, 11) is 2.18. The van der Waals surface area contributed by atoms with Crippen LogP contribution >= 0.6 is 0 Å². The van der Waals surface area contributed by atoms with E-state index in [1.807, 2.05) is 23.1 Å². The van der Waals surface area contributed by atoms with Gasteiger partial charge in [-0.05, 0) is 43.1 Å². The second-order valence-electron chi connectivity index (χ2n) is 9.24. The quantitative estimate of drug-likeness (QED) is 0.718. The fourth-order valence-corrected chi connectivity index (χ4v) is 3.67. The molecular formula is C22H35N3O3. The Morgan fingerprint density at radius 1 is 1.11 bits per heavy atom. The molecule has 1 aromatic rings. The predicted octanol–water partition coefficient (Wildman–Crippen LogP) is 2.82. The Bertz CT molecular complexity index is 663. The molecule has 1 fully saturated rings. The first-order valence-electron chi connectivity index (χ1n) is 10.4. The third-order valence-corrected chi connectivity index (χ3v) is 5.34. The fourth-order valence-electron chi connectivity index (χ4n) is 3.67. The van der Waals surface area contributed by atoms with E-state index in [1.54, 1.807) is 0 Å². The number of carbonyl (C=O) groups is 1. The van der Waals surface area contributed by atoms with Crippen LogP contribution in [0.2, 0.25) is 0 Å². The van der Waals surface area contributed by atoms with Gasteiger partial charge >= 0.3 is 0 Å². The molecule has 2 aliphatic heterocycles. The Kier molecular flexibility index (Phi) is 6.83. The van der Waals surface area contributed by atoms with E-state index in [9.17, 15) is 4.79 Å². The van der Waals surface area contributed by atoms with Crippen molar-refractivity contribution in [2.24, 2.45) is 5.41 Å². The smallest absolute Gasteiger partial charge is 0.231 e. The van der Waals surface area contributed by atoms with Gasteiger partial charge in [0.15, 0.2) is 11.5 Å². The molecular weight excluding hydrogens is 354 g/mol. The zero-order valence-electron chi connectivity index (χ0n) is 17.9. The molecule has 1 amide bonds. The summed E-state index contributed by atoms with van der Waals surface area (Å²) in [6, 6.07) is 5.97. The molecule has 0 spiro atoms. The number of hydrogen-bond acceptors (Lipinski definition) is 5. The Hall–Kier alpha value is -1.79. The van der Waals surface area contributed by atoms with Crippen LogP contribution in [0, 0.1) is 5.41 Å². The van der Waals surface area contributed by atoms with E-state index < -0.39 is 0 Å². The predicted molar refractivity (Wildman–Crippen MR) is 111 cm³/mol. The number of fused-ring (bicyclic) bond motifs is 1. The SMILES string of the molecule is CN1CCN(CCCN(Cc2ccc3c(c2)OCO3)C(=O)CC(C)(C)C)CC1. The maximum Gasteiger partial charge on any atom is 0.231 e. The lowest BCUT2D eigenvalue weighted by molar-refractivity contribution is -0.133. The largest absolute Gasteiger partial charge is 0.454 e. The van der Waals surface area contributed by atoms with Gasteiger partial charge in [-0.25, -0.2) is 0 Å². The van der Waals surface area contributed by atoms with E-state index in [0.29, 0.717) is 13.0 Å². The molecule has 0 bridgehead atoms. The van der Waals surface area contributed by atoms with E-state index in [-0.39, 0.29) is 18.1 Å². The number of nitrogens with zero attached hydrogens (tertiary/aromatic N) is 3. The van der Waals surface area contributed by atoms with Crippen LogP contribution in [0.1, 0.15) is 39.2 Å². The maximum atomic E-state index is 13.0. The van der Waals surface area contributed by atoms with Gasteiger partial charge in [0.1, 0.15) is 0 Å². The Morgan fingerprint density at radius 3 is 2.54 bits per heavy atom. The average molecular weight is 390 g/mol. The summed E-state index contributed by atoms with van der Waals surface area (Å²) in [6.45, 7) is 13.6. The first kappa shape index (κ1) is 20.9. The first-order chi connectivity index (χ1) is 13.3. The summed E-state index contributed by atoms with van der Waals surface area (Å²) in [6.07, 6.45) is 1.57. The minimum atomic E-state index is -0.0122. The Labute approximate surface area is 169 Å². The monoisotopic (exact) mass is 389 g/mol. The molecule has 156 valence electrons. The number of ether oxygens (including phenoxy) is 2. The zero-order valence-corrected chi connectivity index (χ0v) is 17.9. The molecule has 1 aromatic carbocycles. The van der Waals surface area contributed by atoms with Crippen molar-refractivity contribution in [2.45, 2.75) is 40.2 Å². The molecule has 0 atom stereocenters. The summed E-state index contributed by atoms with van der Waals surface area (Å²) in [4.78, 5) is 19.9. The van der Waals surface area contributed by atoms with Gasteiger partial charge in [0.2, 0.25) is 12.7 Å². The van der Waals surface area contributed by atoms with Crippen molar-refractivity contribution in [3.63, 3.8) is 0 Å². The number of amides is 1. The van der Waals surface area contributed by atoms with Gasteiger partial charge < -0.3 is 24.2 Å².